The summed E-state index contributed by atoms with van der Waals surface area (Å²) in [5.74, 6) is 0.324. The third kappa shape index (κ3) is 6.02. The average molecular weight is 469 g/mol. The monoisotopic (exact) mass is 468 g/mol. The van der Waals surface area contributed by atoms with Gasteiger partial charge in [-0.1, -0.05) is 18.6 Å². The van der Waals surface area contributed by atoms with E-state index >= 15 is 0 Å². The van der Waals surface area contributed by atoms with Crippen LogP contribution >= 0.6 is 0 Å². The molecule has 2 aliphatic heterocycles. The molecule has 3 heterocycles. The van der Waals surface area contributed by atoms with Crippen LogP contribution in [0.15, 0.2) is 47.5 Å². The van der Waals surface area contributed by atoms with Crippen molar-refractivity contribution >= 4 is 11.8 Å². The van der Waals surface area contributed by atoms with E-state index in [1.807, 2.05) is 23.1 Å². The molecule has 0 aliphatic carbocycles. The van der Waals surface area contributed by atoms with Gasteiger partial charge in [0, 0.05) is 44.0 Å². The van der Waals surface area contributed by atoms with Crippen LogP contribution in [-0.2, 0) is 16.1 Å². The lowest BCUT2D eigenvalue weighted by atomic mass is 9.75. The number of nitrogens with zero attached hydrogens (tertiary/aromatic N) is 3. The molecule has 2 aliphatic rings. The Labute approximate surface area is 199 Å². The molecule has 1 spiro atoms. The largest absolute Gasteiger partial charge is 0.492 e. The number of rotatable bonds is 2. The lowest BCUT2D eigenvalue weighted by Crippen LogP contribution is -2.47. The van der Waals surface area contributed by atoms with Gasteiger partial charge in [-0.15, -0.1) is 0 Å². The first kappa shape index (κ1) is 23.9. The number of carbonyl (C=O) groups is 2. The Kier molecular flexibility index (Phi) is 7.95. The van der Waals surface area contributed by atoms with E-state index in [1.54, 1.807) is 18.3 Å². The van der Waals surface area contributed by atoms with Crippen LogP contribution in [0.5, 0.6) is 5.75 Å². The van der Waals surface area contributed by atoms with E-state index in [4.69, 9.17) is 9.47 Å². The van der Waals surface area contributed by atoms with E-state index in [2.05, 4.69) is 10.3 Å². The summed E-state index contributed by atoms with van der Waals surface area (Å²) >= 11 is 0. The molecule has 1 saturated heterocycles. The number of nitrogens with one attached hydrogen (secondary N) is 1. The summed E-state index contributed by atoms with van der Waals surface area (Å²) in [5.41, 5.74) is 0.00762. The first-order chi connectivity index (χ1) is 16.6. The number of likely N-dealkylation sites (tertiary alicyclic amines) is 1. The number of fused-ring (bicyclic) bond motifs is 1. The number of para-hydroxylation sites is 1. The Bertz CT molecular complexity index is 1050. The number of ether oxygens (including phenoxy) is 2. The van der Waals surface area contributed by atoms with Gasteiger partial charge in [0.15, 0.2) is 0 Å². The van der Waals surface area contributed by atoms with Gasteiger partial charge in [-0.05, 0) is 43.9 Å². The van der Waals surface area contributed by atoms with Crippen LogP contribution in [0.4, 0.5) is 0 Å². The van der Waals surface area contributed by atoms with E-state index in [0.717, 1.165) is 32.1 Å². The standard InChI is InChI=1S/C25H32N4O5/c30-22(18-29-13-5-11-27-24(29)32)28-14-9-25(10-15-28)8-3-4-16-33-17-12-26-23(31)20-6-1-2-7-21(20)34-19-25/h1-2,5-7,11,13H,3-4,8-10,12,14-19H2,(H,26,31). The van der Waals surface area contributed by atoms with Gasteiger partial charge in [0.25, 0.3) is 5.91 Å². The van der Waals surface area contributed by atoms with Crippen LogP contribution in [0.2, 0.25) is 0 Å². The summed E-state index contributed by atoms with van der Waals surface area (Å²) in [5, 5.41) is 2.89. The Hall–Kier alpha value is -3.20. The van der Waals surface area contributed by atoms with E-state index in [0.29, 0.717) is 50.8 Å². The minimum atomic E-state index is -0.423. The molecule has 182 valence electrons. The van der Waals surface area contributed by atoms with Crippen molar-refractivity contribution in [2.45, 2.75) is 38.6 Å². The maximum atomic E-state index is 12.8. The van der Waals surface area contributed by atoms with Gasteiger partial charge in [0.1, 0.15) is 12.3 Å². The third-order valence-corrected chi connectivity index (χ3v) is 6.71. The second-order valence-electron chi connectivity index (χ2n) is 9.02. The Morgan fingerprint density at radius 1 is 1.06 bits per heavy atom. The molecule has 0 radical (unpaired) electrons. The average Bonchev–Trinajstić information content (AvgIpc) is 2.86. The quantitative estimate of drug-likeness (QED) is 0.722. The SMILES string of the molecule is O=C1NCCOCCCCC2(CCN(C(=O)Cn3cccnc3=O)CC2)COc2ccccc21. The zero-order valence-corrected chi connectivity index (χ0v) is 19.4. The maximum Gasteiger partial charge on any atom is 0.347 e. The molecule has 4 rings (SSSR count). The molecule has 2 aromatic rings. The lowest BCUT2D eigenvalue weighted by molar-refractivity contribution is -0.134. The molecule has 9 nitrogen and oxygen atoms in total. The molecule has 0 bridgehead atoms. The highest BCUT2D eigenvalue weighted by Crippen LogP contribution is 2.38. The Morgan fingerprint density at radius 2 is 1.88 bits per heavy atom. The van der Waals surface area contributed by atoms with Crippen LogP contribution in [0.3, 0.4) is 0 Å². The Balaban J connectivity index is 1.44. The minimum absolute atomic E-state index is 0.00397. The number of piperidine rings is 1. The highest BCUT2D eigenvalue weighted by Gasteiger charge is 2.36. The number of amides is 2. The first-order valence-corrected chi connectivity index (χ1v) is 11.9. The van der Waals surface area contributed by atoms with Gasteiger partial charge in [0.05, 0.1) is 18.8 Å². The fourth-order valence-electron chi connectivity index (χ4n) is 4.60. The highest BCUT2D eigenvalue weighted by atomic mass is 16.5. The summed E-state index contributed by atoms with van der Waals surface area (Å²) < 4.78 is 13.3. The van der Waals surface area contributed by atoms with Gasteiger partial charge < -0.3 is 19.7 Å². The second kappa shape index (κ2) is 11.3. The second-order valence-corrected chi connectivity index (χ2v) is 9.02. The summed E-state index contributed by atoms with van der Waals surface area (Å²) in [4.78, 5) is 42.8. The number of hydrogen-bond acceptors (Lipinski definition) is 6. The summed E-state index contributed by atoms with van der Waals surface area (Å²) in [6.07, 6.45) is 7.53. The summed E-state index contributed by atoms with van der Waals surface area (Å²) in [6.45, 7) is 3.31. The van der Waals surface area contributed by atoms with Crippen molar-refractivity contribution in [3.05, 3.63) is 58.8 Å². The molecule has 1 aromatic heterocycles. The first-order valence-electron chi connectivity index (χ1n) is 11.9. The lowest BCUT2D eigenvalue weighted by Gasteiger charge is -2.42. The molecule has 1 N–H and O–H groups in total. The molecular formula is C25H32N4O5. The maximum absolute atomic E-state index is 12.8. The van der Waals surface area contributed by atoms with Gasteiger partial charge >= 0.3 is 5.69 Å². The van der Waals surface area contributed by atoms with Gasteiger partial charge in [-0.3, -0.25) is 14.2 Å². The van der Waals surface area contributed by atoms with Crippen LogP contribution < -0.4 is 15.7 Å². The van der Waals surface area contributed by atoms with Crippen LogP contribution in [0, 0.1) is 5.41 Å². The predicted molar refractivity (Wildman–Crippen MR) is 126 cm³/mol. The van der Waals surface area contributed by atoms with Crippen molar-refractivity contribution in [1.29, 1.82) is 0 Å². The molecule has 9 heteroatoms. The summed E-state index contributed by atoms with van der Waals surface area (Å²) in [7, 11) is 0. The van der Waals surface area contributed by atoms with Crippen molar-refractivity contribution < 1.29 is 19.1 Å². The molecule has 1 fully saturated rings. The van der Waals surface area contributed by atoms with Crippen molar-refractivity contribution in [2.75, 3.05) is 39.5 Å². The number of aromatic nitrogens is 2. The molecule has 34 heavy (non-hydrogen) atoms. The Morgan fingerprint density at radius 3 is 2.71 bits per heavy atom. The van der Waals surface area contributed by atoms with Gasteiger partial charge in [-0.2, -0.15) is 0 Å². The van der Waals surface area contributed by atoms with E-state index in [1.165, 1.54) is 10.8 Å². The minimum Gasteiger partial charge on any atom is -0.492 e. The smallest absolute Gasteiger partial charge is 0.347 e. The van der Waals surface area contributed by atoms with Crippen molar-refractivity contribution in [3.63, 3.8) is 0 Å². The molecule has 1 aromatic carbocycles. The number of carbonyl (C=O) groups excluding carboxylic acids is 2. The van der Waals surface area contributed by atoms with Crippen molar-refractivity contribution in [1.82, 2.24) is 19.8 Å². The topological polar surface area (TPSA) is 103 Å². The van der Waals surface area contributed by atoms with Crippen LogP contribution in [0.1, 0.15) is 42.5 Å². The van der Waals surface area contributed by atoms with Crippen LogP contribution in [0.25, 0.3) is 0 Å². The van der Waals surface area contributed by atoms with E-state index in [-0.39, 0.29) is 23.8 Å². The number of hydrogen-bond donors (Lipinski definition) is 1. The summed E-state index contributed by atoms with van der Waals surface area (Å²) in [6, 6.07) is 8.94. The van der Waals surface area contributed by atoms with Crippen molar-refractivity contribution in [2.24, 2.45) is 5.41 Å². The zero-order valence-electron chi connectivity index (χ0n) is 19.4. The van der Waals surface area contributed by atoms with Gasteiger partial charge in [-0.25, -0.2) is 9.78 Å². The van der Waals surface area contributed by atoms with E-state index < -0.39 is 5.69 Å². The van der Waals surface area contributed by atoms with Crippen LogP contribution in [-0.4, -0.2) is 65.7 Å². The third-order valence-electron chi connectivity index (χ3n) is 6.71. The predicted octanol–water partition coefficient (Wildman–Crippen LogP) is 1.86. The molecule has 0 atom stereocenters. The van der Waals surface area contributed by atoms with E-state index in [9.17, 15) is 14.4 Å². The normalized spacial score (nSPS) is 19.4. The van der Waals surface area contributed by atoms with Crippen molar-refractivity contribution in [3.8, 4) is 5.75 Å². The van der Waals surface area contributed by atoms with Gasteiger partial charge in [0.2, 0.25) is 5.91 Å². The fraction of sp³-hybridized carbons (Fsp3) is 0.520. The highest BCUT2D eigenvalue weighted by molar-refractivity contribution is 5.96. The molecule has 0 unspecified atom stereocenters. The molecule has 0 saturated carbocycles. The fourth-order valence-corrected chi connectivity index (χ4v) is 4.60. The molecular weight excluding hydrogens is 436 g/mol. The zero-order chi connectivity index (χ0) is 23.8. The number of benzene rings is 1. The molecule has 2 amide bonds.